The summed E-state index contributed by atoms with van der Waals surface area (Å²) in [6, 6.07) is 6.88. The molecular formula is C7H8IO6P. The molecule has 4 N–H and O–H groups in total. The summed E-state index contributed by atoms with van der Waals surface area (Å²) in [5.74, 6) is -0.870. The van der Waals surface area contributed by atoms with Crippen molar-refractivity contribution < 1.29 is 29.1 Å². The number of rotatable bonds is 1. The minimum atomic E-state index is -4.64. The van der Waals surface area contributed by atoms with Crippen molar-refractivity contribution in [2.24, 2.45) is 0 Å². The molecule has 1 rings (SSSR count). The van der Waals surface area contributed by atoms with Crippen LogP contribution in [0.4, 0.5) is 0 Å². The van der Waals surface area contributed by atoms with E-state index in [2.05, 4.69) is 0 Å². The van der Waals surface area contributed by atoms with Gasteiger partial charge in [0.2, 0.25) is 0 Å². The van der Waals surface area contributed by atoms with E-state index in [1.54, 1.807) is 18.2 Å². The van der Waals surface area contributed by atoms with Gasteiger partial charge in [0.25, 0.3) is 0 Å². The van der Waals surface area contributed by atoms with Gasteiger partial charge in [-0.2, -0.15) is 0 Å². The third-order valence-corrected chi connectivity index (χ3v) is 2.04. The van der Waals surface area contributed by atoms with Crippen LogP contribution in [0.2, 0.25) is 0 Å². The molecule has 0 saturated heterocycles. The van der Waals surface area contributed by atoms with Gasteiger partial charge >= 0.3 is 13.8 Å². The number of aromatic carboxylic acids is 1. The number of benzene rings is 1. The van der Waals surface area contributed by atoms with Crippen molar-refractivity contribution >= 4 is 36.4 Å². The van der Waals surface area contributed by atoms with E-state index in [-0.39, 0.29) is 0 Å². The molecule has 0 spiro atoms. The predicted molar refractivity (Wildman–Crippen MR) is 60.4 cm³/mol. The third kappa shape index (κ3) is 8.52. The molecule has 8 heteroatoms. The highest BCUT2D eigenvalue weighted by Crippen LogP contribution is 2.25. The average Bonchev–Trinajstić information content (AvgIpc) is 2.01. The molecule has 0 heterocycles. The summed E-state index contributed by atoms with van der Waals surface area (Å²) in [6.07, 6.45) is 0. The zero-order valence-electron chi connectivity index (χ0n) is 7.24. The Morgan fingerprint density at radius 3 is 1.87 bits per heavy atom. The second-order valence-corrected chi connectivity index (χ2v) is 4.49. The molecule has 0 aromatic heterocycles. The normalized spacial score (nSPS) is 10.1. The maximum Gasteiger partial charge on any atom is 0.466 e. The fraction of sp³-hybridized carbons (Fsp3) is 0. The summed E-state index contributed by atoms with van der Waals surface area (Å²) in [7, 11) is -4.64. The van der Waals surface area contributed by atoms with E-state index >= 15 is 0 Å². The molecule has 0 amide bonds. The van der Waals surface area contributed by atoms with Crippen LogP contribution < -0.4 is 0 Å². The molecule has 0 saturated carbocycles. The minimum Gasteiger partial charge on any atom is -0.478 e. The number of hydrogen-bond acceptors (Lipinski definition) is 2. The van der Waals surface area contributed by atoms with E-state index in [4.69, 9.17) is 24.4 Å². The van der Waals surface area contributed by atoms with Gasteiger partial charge < -0.3 is 19.8 Å². The summed E-state index contributed by atoms with van der Waals surface area (Å²) < 4.78 is 9.65. The van der Waals surface area contributed by atoms with Crippen molar-refractivity contribution in [3.05, 3.63) is 33.4 Å². The zero-order chi connectivity index (χ0) is 12.1. The fourth-order valence-electron chi connectivity index (χ4n) is 0.635. The Hall–Kier alpha value is -0.470. The molecular weight excluding hydrogens is 338 g/mol. The quantitative estimate of drug-likeness (QED) is 0.447. The van der Waals surface area contributed by atoms with Crippen LogP contribution in [0.15, 0.2) is 24.3 Å². The van der Waals surface area contributed by atoms with E-state index in [0.29, 0.717) is 5.56 Å². The van der Waals surface area contributed by atoms with Gasteiger partial charge in [-0.25, -0.2) is 9.36 Å². The molecule has 0 atom stereocenters. The summed E-state index contributed by atoms with van der Waals surface area (Å²) in [4.78, 5) is 32.0. The van der Waals surface area contributed by atoms with Crippen molar-refractivity contribution in [1.29, 1.82) is 0 Å². The number of carboxylic acids is 1. The van der Waals surface area contributed by atoms with Gasteiger partial charge in [-0.05, 0) is 34.7 Å². The van der Waals surface area contributed by atoms with E-state index in [1.165, 1.54) is 0 Å². The van der Waals surface area contributed by atoms with Crippen LogP contribution >= 0.6 is 30.4 Å². The summed E-state index contributed by atoms with van der Waals surface area (Å²) in [5, 5.41) is 8.56. The van der Waals surface area contributed by atoms with Gasteiger partial charge in [0.1, 0.15) is 0 Å². The Morgan fingerprint density at radius 1 is 1.20 bits per heavy atom. The first-order chi connectivity index (χ1) is 6.72. The van der Waals surface area contributed by atoms with Gasteiger partial charge in [0, 0.05) is 3.57 Å². The first kappa shape index (κ1) is 14.5. The second kappa shape index (κ2) is 6.19. The SMILES string of the molecule is O=C(O)c1ccccc1I.O=P(O)(O)O. The molecule has 0 bridgehead atoms. The maximum absolute atomic E-state index is 10.4. The van der Waals surface area contributed by atoms with Crippen LogP contribution in [0.25, 0.3) is 0 Å². The summed E-state index contributed by atoms with van der Waals surface area (Å²) in [6.45, 7) is 0. The zero-order valence-corrected chi connectivity index (χ0v) is 10.3. The van der Waals surface area contributed by atoms with Gasteiger partial charge in [0.05, 0.1) is 5.56 Å². The number of carbonyl (C=O) groups is 1. The van der Waals surface area contributed by atoms with E-state index in [1.807, 2.05) is 28.7 Å². The van der Waals surface area contributed by atoms with Gasteiger partial charge in [-0.3, -0.25) is 0 Å². The fourth-order valence-corrected chi connectivity index (χ4v) is 1.25. The van der Waals surface area contributed by atoms with Crippen LogP contribution in [-0.4, -0.2) is 25.8 Å². The average molecular weight is 346 g/mol. The number of hydrogen-bond donors (Lipinski definition) is 4. The molecule has 0 aliphatic carbocycles. The van der Waals surface area contributed by atoms with Crippen LogP contribution in [-0.2, 0) is 4.57 Å². The topological polar surface area (TPSA) is 115 Å². The van der Waals surface area contributed by atoms with Crippen molar-refractivity contribution in [1.82, 2.24) is 0 Å². The minimum absolute atomic E-state index is 0.364. The van der Waals surface area contributed by atoms with Crippen LogP contribution in [0.5, 0.6) is 0 Å². The van der Waals surface area contributed by atoms with Crippen molar-refractivity contribution in [2.45, 2.75) is 0 Å². The lowest BCUT2D eigenvalue weighted by molar-refractivity contribution is 0.0695. The molecule has 1 aromatic rings. The van der Waals surface area contributed by atoms with Gasteiger partial charge in [0.15, 0.2) is 0 Å². The molecule has 1 aromatic carbocycles. The molecule has 0 aliphatic heterocycles. The Morgan fingerprint density at radius 2 is 1.60 bits per heavy atom. The largest absolute Gasteiger partial charge is 0.478 e. The molecule has 0 aliphatic rings. The first-order valence-electron chi connectivity index (χ1n) is 3.48. The highest BCUT2D eigenvalue weighted by Gasteiger charge is 2.04. The Kier molecular flexibility index (Phi) is 5.99. The molecule has 0 fully saturated rings. The Balaban J connectivity index is 0.000000336. The smallest absolute Gasteiger partial charge is 0.466 e. The van der Waals surface area contributed by atoms with E-state index < -0.39 is 13.8 Å². The Labute approximate surface area is 99.0 Å². The lowest BCUT2D eigenvalue weighted by Gasteiger charge is -1.94. The standard InChI is InChI=1S/C7H5IO2.H3O4P/c8-6-4-2-1-3-5(6)7(9)10;1-5(2,3)4/h1-4H,(H,9,10);(H3,1,2,3,4). The molecule has 6 nitrogen and oxygen atoms in total. The van der Waals surface area contributed by atoms with Crippen molar-refractivity contribution in [3.8, 4) is 0 Å². The highest BCUT2D eigenvalue weighted by molar-refractivity contribution is 14.1. The third-order valence-electron chi connectivity index (χ3n) is 1.10. The van der Waals surface area contributed by atoms with Gasteiger partial charge in [-0.15, -0.1) is 0 Å². The van der Waals surface area contributed by atoms with Crippen LogP contribution in [0.3, 0.4) is 0 Å². The van der Waals surface area contributed by atoms with Crippen LogP contribution in [0, 0.1) is 3.57 Å². The molecule has 84 valence electrons. The van der Waals surface area contributed by atoms with Gasteiger partial charge in [-0.1, -0.05) is 12.1 Å². The lowest BCUT2D eigenvalue weighted by Crippen LogP contribution is -1.97. The van der Waals surface area contributed by atoms with E-state index in [0.717, 1.165) is 3.57 Å². The predicted octanol–water partition coefficient (Wildman–Crippen LogP) is 1.06. The first-order valence-corrected chi connectivity index (χ1v) is 6.12. The maximum atomic E-state index is 10.4. The van der Waals surface area contributed by atoms with E-state index in [9.17, 15) is 4.79 Å². The molecule has 0 radical (unpaired) electrons. The van der Waals surface area contributed by atoms with Crippen LogP contribution in [0.1, 0.15) is 10.4 Å². The van der Waals surface area contributed by atoms with Crippen molar-refractivity contribution in [3.63, 3.8) is 0 Å². The monoisotopic (exact) mass is 346 g/mol. The summed E-state index contributed by atoms with van der Waals surface area (Å²) >= 11 is 1.99. The number of carboxylic acid groups (broad SMARTS) is 1. The second-order valence-electron chi connectivity index (χ2n) is 2.30. The Bertz CT molecular complexity index is 379. The number of phosphoric acid groups is 1. The van der Waals surface area contributed by atoms with Crippen molar-refractivity contribution in [2.75, 3.05) is 0 Å². The molecule has 0 unspecified atom stereocenters. The lowest BCUT2D eigenvalue weighted by atomic mass is 10.2. The highest BCUT2D eigenvalue weighted by atomic mass is 127. The molecule has 15 heavy (non-hydrogen) atoms. The summed E-state index contributed by atoms with van der Waals surface area (Å²) in [5.41, 5.74) is 0.364. The number of halogens is 1.